The number of amides is 2. The molecule has 0 saturated heterocycles. The van der Waals surface area contributed by atoms with E-state index in [-0.39, 0.29) is 17.4 Å². The van der Waals surface area contributed by atoms with Crippen LogP contribution in [-0.4, -0.2) is 28.3 Å². The average molecular weight is 487 g/mol. The van der Waals surface area contributed by atoms with Gasteiger partial charge in [-0.15, -0.1) is 0 Å². The minimum atomic E-state index is -0.561. The third-order valence-electron chi connectivity index (χ3n) is 5.18. The van der Waals surface area contributed by atoms with Crippen LogP contribution in [0.5, 0.6) is 0 Å². The first-order valence-electron chi connectivity index (χ1n) is 10.9. The molecule has 1 atom stereocenters. The van der Waals surface area contributed by atoms with Crippen molar-refractivity contribution in [3.05, 3.63) is 69.7 Å². The number of carbonyl (C=O) groups is 2. The highest BCUT2D eigenvalue weighted by atomic mass is 79.9. The van der Waals surface area contributed by atoms with Crippen LogP contribution < -0.4 is 5.32 Å². The first-order valence-corrected chi connectivity index (χ1v) is 11.7. The molecule has 0 aliphatic heterocycles. The van der Waals surface area contributed by atoms with Crippen LogP contribution in [0.1, 0.15) is 70.6 Å². The number of nitrogens with zero attached hydrogens (tertiary/aromatic N) is 1. The third-order valence-corrected chi connectivity index (χ3v) is 5.67. The van der Waals surface area contributed by atoms with Gasteiger partial charge in [0.25, 0.3) is 0 Å². The fraction of sp³-hybridized carbons (Fsp3) is 0.462. The zero-order valence-corrected chi connectivity index (χ0v) is 21.1. The molecule has 2 aromatic carbocycles. The number of aryl methyl sites for hydroxylation is 1. The monoisotopic (exact) mass is 486 g/mol. The number of halogens is 1. The molecule has 0 aliphatic carbocycles. The lowest BCUT2D eigenvalue weighted by Crippen LogP contribution is -2.52. The molecule has 2 amide bonds. The fourth-order valence-corrected chi connectivity index (χ4v) is 3.80. The maximum atomic E-state index is 13.2. The summed E-state index contributed by atoms with van der Waals surface area (Å²) in [7, 11) is 0. The average Bonchev–Trinajstić information content (AvgIpc) is 2.68. The van der Waals surface area contributed by atoms with Crippen LogP contribution in [0.4, 0.5) is 0 Å². The molecule has 1 N–H and O–H groups in total. The zero-order chi connectivity index (χ0) is 23.2. The lowest BCUT2D eigenvalue weighted by molar-refractivity contribution is -0.141. The molecule has 0 bridgehead atoms. The van der Waals surface area contributed by atoms with Gasteiger partial charge in [0.1, 0.15) is 6.04 Å². The Hall–Kier alpha value is -2.14. The maximum Gasteiger partial charge on any atom is 0.242 e. The van der Waals surface area contributed by atoms with Crippen LogP contribution in [-0.2, 0) is 22.6 Å². The lowest BCUT2D eigenvalue weighted by Gasteiger charge is -2.31. The van der Waals surface area contributed by atoms with Crippen LogP contribution in [0.3, 0.4) is 0 Å². The quantitative estimate of drug-likeness (QED) is 0.509. The van der Waals surface area contributed by atoms with Gasteiger partial charge < -0.3 is 10.2 Å². The topological polar surface area (TPSA) is 49.4 Å². The summed E-state index contributed by atoms with van der Waals surface area (Å²) in [6, 6.07) is 15.7. The first-order chi connectivity index (χ1) is 14.5. The molecule has 5 heteroatoms. The van der Waals surface area contributed by atoms with E-state index in [0.717, 1.165) is 15.6 Å². The lowest BCUT2D eigenvalue weighted by atomic mass is 10.00. The summed E-state index contributed by atoms with van der Waals surface area (Å²) in [5, 5.41) is 3.00. The van der Waals surface area contributed by atoms with E-state index in [1.54, 1.807) is 11.8 Å². The summed E-state index contributed by atoms with van der Waals surface area (Å²) in [5.74, 6) is 0.320. The summed E-state index contributed by atoms with van der Waals surface area (Å²) in [5.41, 5.74) is 3.05. The summed E-state index contributed by atoms with van der Waals surface area (Å²) < 4.78 is 0.953. The Kier molecular flexibility index (Phi) is 8.87. The summed E-state index contributed by atoms with van der Waals surface area (Å²) in [6.07, 6.45) is 1.02. The van der Waals surface area contributed by atoms with Crippen molar-refractivity contribution in [3.8, 4) is 0 Å². The Balaban J connectivity index is 2.15. The van der Waals surface area contributed by atoms with Crippen LogP contribution in [0.15, 0.2) is 53.0 Å². The van der Waals surface area contributed by atoms with Crippen molar-refractivity contribution in [2.45, 2.75) is 78.4 Å². The Morgan fingerprint density at radius 3 is 2.19 bits per heavy atom. The van der Waals surface area contributed by atoms with Crippen LogP contribution in [0, 0.1) is 0 Å². The second-order valence-electron chi connectivity index (χ2n) is 9.46. The molecule has 168 valence electrons. The second kappa shape index (κ2) is 10.9. The molecule has 0 fully saturated rings. The van der Waals surface area contributed by atoms with E-state index in [1.165, 1.54) is 5.56 Å². The molecule has 0 spiro atoms. The molecule has 2 aromatic rings. The zero-order valence-electron chi connectivity index (χ0n) is 19.5. The number of carbonyl (C=O) groups excluding carboxylic acids is 2. The minimum Gasteiger partial charge on any atom is -0.350 e. The second-order valence-corrected chi connectivity index (χ2v) is 10.4. The molecule has 0 unspecified atom stereocenters. The van der Waals surface area contributed by atoms with E-state index < -0.39 is 6.04 Å². The summed E-state index contributed by atoms with van der Waals surface area (Å²) >= 11 is 3.49. The molecule has 0 radical (unpaired) electrons. The van der Waals surface area contributed by atoms with Gasteiger partial charge in [-0.25, -0.2) is 0 Å². The van der Waals surface area contributed by atoms with Crippen LogP contribution >= 0.6 is 15.9 Å². The summed E-state index contributed by atoms with van der Waals surface area (Å²) in [6.45, 7) is 12.4. The Bertz CT molecular complexity index is 885. The highest BCUT2D eigenvalue weighted by Gasteiger charge is 2.28. The minimum absolute atomic E-state index is 0.0236. The third kappa shape index (κ3) is 8.13. The molecule has 4 nitrogen and oxygen atoms in total. The Labute approximate surface area is 195 Å². The predicted octanol–water partition coefficient (Wildman–Crippen LogP) is 5.84. The van der Waals surface area contributed by atoms with Gasteiger partial charge >= 0.3 is 0 Å². The molecule has 2 rings (SSSR count). The smallest absolute Gasteiger partial charge is 0.242 e. The van der Waals surface area contributed by atoms with Crippen molar-refractivity contribution in [3.63, 3.8) is 0 Å². The summed E-state index contributed by atoms with van der Waals surface area (Å²) in [4.78, 5) is 27.7. The van der Waals surface area contributed by atoms with Crippen molar-refractivity contribution in [1.82, 2.24) is 10.2 Å². The van der Waals surface area contributed by atoms with Crippen molar-refractivity contribution in [2.24, 2.45) is 0 Å². The number of hydrogen-bond donors (Lipinski definition) is 1. The van der Waals surface area contributed by atoms with Gasteiger partial charge in [0.15, 0.2) is 0 Å². The molecular weight excluding hydrogens is 452 g/mol. The number of rotatable bonds is 8. The van der Waals surface area contributed by atoms with Crippen molar-refractivity contribution < 1.29 is 9.59 Å². The van der Waals surface area contributed by atoms with Gasteiger partial charge in [-0.05, 0) is 68.9 Å². The molecule has 0 saturated carbocycles. The number of benzene rings is 2. The fourth-order valence-electron chi connectivity index (χ4n) is 3.35. The molecule has 31 heavy (non-hydrogen) atoms. The van der Waals surface area contributed by atoms with Gasteiger partial charge in [-0.2, -0.15) is 0 Å². The van der Waals surface area contributed by atoms with Gasteiger partial charge in [-0.1, -0.05) is 66.2 Å². The normalized spacial score (nSPS) is 12.5. The van der Waals surface area contributed by atoms with E-state index in [1.807, 2.05) is 45.0 Å². The molecule has 0 aliphatic rings. The Morgan fingerprint density at radius 2 is 1.65 bits per heavy atom. The van der Waals surface area contributed by atoms with Gasteiger partial charge in [-0.3, -0.25) is 9.59 Å². The first kappa shape index (κ1) is 25.1. The molecule has 0 aromatic heterocycles. The van der Waals surface area contributed by atoms with Gasteiger partial charge in [0.05, 0.1) is 0 Å². The predicted molar refractivity (Wildman–Crippen MR) is 131 cm³/mol. The van der Waals surface area contributed by atoms with Gasteiger partial charge in [0.2, 0.25) is 11.8 Å². The highest BCUT2D eigenvalue weighted by molar-refractivity contribution is 9.10. The van der Waals surface area contributed by atoms with Crippen molar-refractivity contribution >= 4 is 27.7 Å². The van der Waals surface area contributed by atoms with Crippen LogP contribution in [0.25, 0.3) is 0 Å². The molecule has 0 heterocycles. The Morgan fingerprint density at radius 1 is 1.00 bits per heavy atom. The maximum absolute atomic E-state index is 13.2. The highest BCUT2D eigenvalue weighted by Crippen LogP contribution is 2.19. The van der Waals surface area contributed by atoms with E-state index in [9.17, 15) is 9.59 Å². The van der Waals surface area contributed by atoms with Crippen LogP contribution in [0.2, 0.25) is 0 Å². The van der Waals surface area contributed by atoms with Crippen molar-refractivity contribution in [1.29, 1.82) is 0 Å². The standard InChI is InChI=1S/C26H35BrN2O2/c1-18(2)22-13-10-20(11-14-22)12-15-24(30)29(17-21-8-7-9-23(27)16-21)19(3)25(31)28-26(4,5)6/h7-11,13-14,16,18-19H,12,15,17H2,1-6H3,(H,28,31)/t19-/m1/s1. The number of hydrogen-bond acceptors (Lipinski definition) is 2. The van der Waals surface area contributed by atoms with E-state index in [2.05, 4.69) is 59.4 Å². The number of nitrogens with one attached hydrogen (secondary N) is 1. The van der Waals surface area contributed by atoms with Crippen molar-refractivity contribution in [2.75, 3.05) is 0 Å². The van der Waals surface area contributed by atoms with E-state index in [0.29, 0.717) is 25.3 Å². The molecular formula is C26H35BrN2O2. The van der Waals surface area contributed by atoms with E-state index in [4.69, 9.17) is 0 Å². The SMILES string of the molecule is CC(C)c1ccc(CCC(=O)N(Cc2cccc(Br)c2)[C@H](C)C(=O)NC(C)(C)C)cc1. The van der Waals surface area contributed by atoms with Gasteiger partial charge in [0, 0.05) is 23.0 Å². The largest absolute Gasteiger partial charge is 0.350 e. The van der Waals surface area contributed by atoms with E-state index >= 15 is 0 Å².